The number of amides is 2. The number of ether oxygens (including phenoxy) is 2. The normalized spacial score (nSPS) is 17.0. The van der Waals surface area contributed by atoms with Crippen LogP contribution in [0.15, 0.2) is 116 Å². The van der Waals surface area contributed by atoms with Crippen molar-refractivity contribution in [2.45, 2.75) is 86.4 Å². The van der Waals surface area contributed by atoms with E-state index in [0.29, 0.717) is 36.6 Å². The summed E-state index contributed by atoms with van der Waals surface area (Å²) in [5, 5.41) is 11.1. The Morgan fingerprint density at radius 1 is 0.692 bits per heavy atom. The van der Waals surface area contributed by atoms with Crippen LogP contribution in [0.5, 0.6) is 11.5 Å². The highest BCUT2D eigenvalue weighted by Crippen LogP contribution is 2.37. The van der Waals surface area contributed by atoms with Crippen LogP contribution in [-0.2, 0) is 9.59 Å². The minimum Gasteiger partial charge on any atom is -0.495 e. The summed E-state index contributed by atoms with van der Waals surface area (Å²) in [7, 11) is 3.22. The Balaban J connectivity index is 0.000000237. The maximum Gasteiger partial charge on any atom is 0.250 e. The maximum atomic E-state index is 13.3. The molecule has 2 amide bonds. The highest BCUT2D eigenvalue weighted by Gasteiger charge is 2.37. The topological polar surface area (TPSA) is 115 Å². The average molecular weight is 889 g/mol. The van der Waals surface area contributed by atoms with E-state index >= 15 is 0 Å². The first kappa shape index (κ1) is 49.4. The third-order valence-electron chi connectivity index (χ3n) is 12.0. The lowest BCUT2D eigenvalue weighted by molar-refractivity contribution is -0.145. The van der Waals surface area contributed by atoms with E-state index in [0.717, 1.165) is 64.3 Å². The molecule has 0 radical (unpaired) electrons. The molecule has 0 bridgehead atoms. The number of imidazole rings is 2. The van der Waals surface area contributed by atoms with Crippen molar-refractivity contribution in [1.82, 2.24) is 28.9 Å². The molecule has 2 saturated heterocycles. The summed E-state index contributed by atoms with van der Waals surface area (Å²) in [6.45, 7) is 9.08. The number of likely N-dealkylation sites (tertiary alicyclic amines) is 2. The quantitative estimate of drug-likeness (QED) is 0.129. The number of aliphatic hydroxyl groups is 1. The molecule has 6 aromatic rings. The van der Waals surface area contributed by atoms with Crippen molar-refractivity contribution in [1.29, 1.82) is 0 Å². The molecule has 4 heterocycles. The number of hydrogen-bond donors (Lipinski definition) is 1. The first-order valence-corrected chi connectivity index (χ1v) is 21.2. The molecule has 4 unspecified atom stereocenters. The zero-order valence-electron chi connectivity index (χ0n) is 36.5. The second-order valence-electron chi connectivity index (χ2n) is 16.2. The van der Waals surface area contributed by atoms with Crippen molar-refractivity contribution in [2.24, 2.45) is 5.92 Å². The van der Waals surface area contributed by atoms with Gasteiger partial charge in [-0.1, -0.05) is 51.3 Å². The van der Waals surface area contributed by atoms with Gasteiger partial charge in [-0.3, -0.25) is 9.59 Å². The standard InChI is InChI=1S/C25H28FN3O3.C25H26FN3O2.2CH4/c1-16-14-28(15-27-16)22-11-8-19(13-23(22)32-3)24(30)21-5-4-12-29(25(21)31)17(2)18-6-9-20(26)10-7-18;1-17-15-28(16-27-17)23-11-6-19(14-24(23)31-3)13-21-5-4-12-29(25(21)30)18(2)20-7-9-22(26)10-8-20;;/h6-11,13-15,17,21,24,30H,4-5,12H2,1-3H3;6-11,13-16,18H,4-5,12H2,1-3H3;2*1H4/b;21-13+;;. The van der Waals surface area contributed by atoms with Crippen molar-refractivity contribution in [2.75, 3.05) is 27.3 Å². The Kier molecular flexibility index (Phi) is 16.6. The number of halogens is 2. The van der Waals surface area contributed by atoms with Gasteiger partial charge in [0.1, 0.15) is 23.1 Å². The Morgan fingerprint density at radius 3 is 1.71 bits per heavy atom. The second-order valence-corrected chi connectivity index (χ2v) is 16.2. The predicted octanol–water partition coefficient (Wildman–Crippen LogP) is 10.7. The van der Waals surface area contributed by atoms with Crippen molar-refractivity contribution in [3.8, 4) is 22.9 Å². The van der Waals surface area contributed by atoms with Crippen LogP contribution in [0.2, 0.25) is 0 Å². The van der Waals surface area contributed by atoms with Crippen LogP contribution >= 0.6 is 0 Å². The molecule has 2 aliphatic heterocycles. The summed E-state index contributed by atoms with van der Waals surface area (Å²) < 4.78 is 41.5. The van der Waals surface area contributed by atoms with E-state index in [4.69, 9.17) is 9.47 Å². The molecule has 2 fully saturated rings. The van der Waals surface area contributed by atoms with Crippen LogP contribution in [0, 0.1) is 31.4 Å². The Morgan fingerprint density at radius 2 is 1.18 bits per heavy atom. The van der Waals surface area contributed by atoms with E-state index in [1.807, 2.05) is 90.5 Å². The van der Waals surface area contributed by atoms with Crippen LogP contribution in [0.3, 0.4) is 0 Å². The fourth-order valence-corrected chi connectivity index (χ4v) is 8.41. The number of aliphatic hydroxyl groups excluding tert-OH is 1. The van der Waals surface area contributed by atoms with E-state index in [1.54, 1.807) is 62.1 Å². The number of benzene rings is 4. The van der Waals surface area contributed by atoms with Gasteiger partial charge in [-0.25, -0.2) is 18.7 Å². The number of hydrogen-bond acceptors (Lipinski definition) is 7. The van der Waals surface area contributed by atoms with Gasteiger partial charge in [-0.05, 0) is 130 Å². The van der Waals surface area contributed by atoms with Crippen molar-refractivity contribution < 1.29 is 33.0 Å². The highest BCUT2D eigenvalue weighted by molar-refractivity contribution is 5.98. The number of nitrogens with zero attached hydrogens (tertiary/aromatic N) is 6. The van der Waals surface area contributed by atoms with Gasteiger partial charge in [0.2, 0.25) is 11.8 Å². The molecule has 4 aromatic carbocycles. The zero-order valence-corrected chi connectivity index (χ0v) is 36.5. The molecule has 65 heavy (non-hydrogen) atoms. The molecule has 13 heteroatoms. The van der Waals surface area contributed by atoms with Crippen molar-refractivity contribution in [3.05, 3.63) is 161 Å². The molecule has 0 saturated carbocycles. The van der Waals surface area contributed by atoms with Crippen LogP contribution < -0.4 is 9.47 Å². The SMILES string of the molecule is C.C.COc1cc(/C=C2\CCCN(C(C)c3ccc(F)cc3)C2=O)ccc1-n1cnc(C)c1.COc1cc(C(O)C2CCCN(C(C)c3ccc(F)cc3)C2=O)ccc1-n1cnc(C)c1. The van der Waals surface area contributed by atoms with E-state index in [9.17, 15) is 23.5 Å². The first-order valence-electron chi connectivity index (χ1n) is 21.2. The summed E-state index contributed by atoms with van der Waals surface area (Å²) in [6.07, 6.45) is 11.3. The Hall–Kier alpha value is -6.60. The van der Waals surface area contributed by atoms with E-state index < -0.39 is 12.0 Å². The molecule has 11 nitrogen and oxygen atoms in total. The first-order chi connectivity index (χ1) is 30.3. The number of carbonyl (C=O) groups excluding carboxylic acids is 2. The lowest BCUT2D eigenvalue weighted by Gasteiger charge is -2.38. The molecule has 4 atom stereocenters. The lowest BCUT2D eigenvalue weighted by Crippen LogP contribution is -2.44. The highest BCUT2D eigenvalue weighted by atomic mass is 19.1. The Bertz CT molecular complexity index is 2570. The van der Waals surface area contributed by atoms with Crippen molar-refractivity contribution in [3.63, 3.8) is 0 Å². The number of aromatic nitrogens is 4. The van der Waals surface area contributed by atoms with Gasteiger partial charge in [0, 0.05) is 31.1 Å². The average Bonchev–Trinajstić information content (AvgIpc) is 3.94. The number of aryl methyl sites for hydroxylation is 2. The van der Waals surface area contributed by atoms with Crippen LogP contribution in [0.25, 0.3) is 17.5 Å². The summed E-state index contributed by atoms with van der Waals surface area (Å²) >= 11 is 0. The van der Waals surface area contributed by atoms with Gasteiger partial charge in [0.15, 0.2) is 0 Å². The van der Waals surface area contributed by atoms with E-state index in [1.165, 1.54) is 24.3 Å². The predicted molar refractivity (Wildman–Crippen MR) is 251 cm³/mol. The number of piperidine rings is 2. The fourth-order valence-electron chi connectivity index (χ4n) is 8.41. The monoisotopic (exact) mass is 888 g/mol. The second kappa shape index (κ2) is 21.9. The van der Waals surface area contributed by atoms with Crippen LogP contribution in [-0.4, -0.2) is 73.1 Å². The van der Waals surface area contributed by atoms with Gasteiger partial charge in [-0.2, -0.15) is 0 Å². The van der Waals surface area contributed by atoms with Crippen molar-refractivity contribution >= 4 is 17.9 Å². The van der Waals surface area contributed by atoms with Gasteiger partial charge in [0.25, 0.3) is 0 Å². The molecule has 2 aliphatic rings. The summed E-state index contributed by atoms with van der Waals surface area (Å²) in [6, 6.07) is 23.6. The minimum atomic E-state index is -0.946. The van der Waals surface area contributed by atoms with Gasteiger partial charge in [-0.15, -0.1) is 0 Å². The number of methoxy groups -OCH3 is 2. The summed E-state index contributed by atoms with van der Waals surface area (Å²) in [5.74, 6) is 0.125. The minimum absolute atomic E-state index is 0. The third-order valence-corrected chi connectivity index (χ3v) is 12.0. The molecular formula is C52H62F2N6O5. The lowest BCUT2D eigenvalue weighted by atomic mass is 9.86. The largest absolute Gasteiger partial charge is 0.495 e. The fraction of sp³-hybridized carbons (Fsp3) is 0.346. The van der Waals surface area contributed by atoms with E-state index in [-0.39, 0.29) is 50.4 Å². The van der Waals surface area contributed by atoms with Gasteiger partial charge >= 0.3 is 0 Å². The molecule has 8 rings (SSSR count). The molecule has 0 aliphatic carbocycles. The third kappa shape index (κ3) is 11.2. The molecule has 2 aromatic heterocycles. The van der Waals surface area contributed by atoms with Crippen LogP contribution in [0.1, 0.15) is 106 Å². The molecule has 1 N–H and O–H groups in total. The molecule has 0 spiro atoms. The zero-order chi connectivity index (χ0) is 44.8. The number of rotatable bonds is 11. The van der Waals surface area contributed by atoms with Crippen LogP contribution in [0.4, 0.5) is 8.78 Å². The molecular weight excluding hydrogens is 827 g/mol. The van der Waals surface area contributed by atoms with Gasteiger partial charge < -0.3 is 33.5 Å². The van der Waals surface area contributed by atoms with E-state index in [2.05, 4.69) is 9.97 Å². The molecule has 344 valence electrons. The smallest absolute Gasteiger partial charge is 0.250 e. The summed E-state index contributed by atoms with van der Waals surface area (Å²) in [5.41, 5.74) is 7.64. The maximum absolute atomic E-state index is 13.3. The van der Waals surface area contributed by atoms with Gasteiger partial charge in [0.05, 0.1) is 73.7 Å². The Labute approximate surface area is 382 Å². The number of carbonyl (C=O) groups is 2. The summed E-state index contributed by atoms with van der Waals surface area (Å²) in [4.78, 5) is 38.7.